The van der Waals surface area contributed by atoms with E-state index < -0.39 is 24.5 Å². The van der Waals surface area contributed by atoms with Crippen LogP contribution in [0.25, 0.3) is 11.2 Å². The number of ether oxygens (including phenoxy) is 1. The molecule has 1 saturated heterocycles. The molecule has 0 spiro atoms. The number of fused-ring (bicyclic) bond motifs is 1. The van der Waals surface area contributed by atoms with Gasteiger partial charge >= 0.3 is 0 Å². The van der Waals surface area contributed by atoms with Gasteiger partial charge in [-0.25, -0.2) is 15.0 Å². The minimum absolute atomic E-state index is 0.370. The summed E-state index contributed by atoms with van der Waals surface area (Å²) < 4.78 is 7.15. The molecule has 0 unspecified atom stereocenters. The van der Waals surface area contributed by atoms with Crippen molar-refractivity contribution in [1.82, 2.24) is 19.5 Å². The molecule has 136 valence electrons. The average molecular weight is 349 g/mol. The van der Waals surface area contributed by atoms with Gasteiger partial charge in [0.05, 0.1) is 12.9 Å². The first-order valence-corrected chi connectivity index (χ1v) is 8.75. The van der Waals surface area contributed by atoms with Crippen LogP contribution in [0.3, 0.4) is 0 Å². The predicted octanol–water partition coefficient (Wildman–Crippen LogP) is 0.182. The van der Waals surface area contributed by atoms with Crippen molar-refractivity contribution in [3.63, 3.8) is 0 Å². The number of nitrogens with zero attached hydrogens (tertiary/aromatic N) is 4. The minimum atomic E-state index is -1.17. The zero-order valence-electron chi connectivity index (χ0n) is 13.8. The van der Waals surface area contributed by atoms with E-state index in [-0.39, 0.29) is 6.61 Å². The molecule has 2 aromatic rings. The van der Waals surface area contributed by atoms with Gasteiger partial charge < -0.3 is 25.4 Å². The van der Waals surface area contributed by atoms with E-state index in [9.17, 15) is 15.3 Å². The molecule has 0 radical (unpaired) electrons. The lowest BCUT2D eigenvalue weighted by molar-refractivity contribution is -0.0511. The number of imidazole rings is 1. The first-order chi connectivity index (χ1) is 12.2. The van der Waals surface area contributed by atoms with Gasteiger partial charge in [-0.3, -0.25) is 4.57 Å². The topological polar surface area (TPSA) is 126 Å². The van der Waals surface area contributed by atoms with Crippen LogP contribution >= 0.6 is 0 Å². The summed E-state index contributed by atoms with van der Waals surface area (Å²) >= 11 is 0. The fourth-order valence-electron chi connectivity index (χ4n) is 3.69. The Bertz CT molecular complexity index is 732. The summed E-state index contributed by atoms with van der Waals surface area (Å²) in [5.74, 6) is 0.669. The van der Waals surface area contributed by atoms with E-state index in [1.807, 2.05) is 0 Å². The second-order valence-corrected chi connectivity index (χ2v) is 6.75. The molecule has 2 fully saturated rings. The first-order valence-electron chi connectivity index (χ1n) is 8.75. The van der Waals surface area contributed by atoms with E-state index in [0.29, 0.717) is 23.0 Å². The van der Waals surface area contributed by atoms with Crippen LogP contribution in [0.4, 0.5) is 5.82 Å². The molecular weight excluding hydrogens is 326 g/mol. The second kappa shape index (κ2) is 6.83. The van der Waals surface area contributed by atoms with Gasteiger partial charge in [0.1, 0.15) is 24.6 Å². The van der Waals surface area contributed by atoms with Crippen LogP contribution in [-0.4, -0.2) is 65.8 Å². The summed E-state index contributed by atoms with van der Waals surface area (Å²) in [6, 6.07) is 0.380. The highest BCUT2D eigenvalue weighted by molar-refractivity contribution is 5.82. The normalized spacial score (nSPS) is 30.8. The molecule has 4 atom stereocenters. The van der Waals surface area contributed by atoms with Crippen LogP contribution in [0.1, 0.15) is 38.3 Å². The number of aromatic nitrogens is 4. The zero-order valence-corrected chi connectivity index (χ0v) is 13.8. The summed E-state index contributed by atoms with van der Waals surface area (Å²) in [7, 11) is 0. The molecule has 0 aromatic carbocycles. The van der Waals surface area contributed by atoms with Crippen molar-refractivity contribution >= 4 is 17.0 Å². The quantitative estimate of drug-likeness (QED) is 0.616. The third kappa shape index (κ3) is 2.97. The Morgan fingerprint density at radius 1 is 1.12 bits per heavy atom. The monoisotopic (exact) mass is 349 g/mol. The molecule has 4 rings (SSSR count). The molecule has 25 heavy (non-hydrogen) atoms. The fourth-order valence-corrected chi connectivity index (χ4v) is 3.69. The number of anilines is 1. The number of hydrogen-bond acceptors (Lipinski definition) is 8. The molecule has 9 nitrogen and oxygen atoms in total. The average Bonchev–Trinajstić information content (AvgIpc) is 3.18. The summed E-state index contributed by atoms with van der Waals surface area (Å²) in [5.41, 5.74) is 1.12. The highest BCUT2D eigenvalue weighted by Crippen LogP contribution is 2.32. The van der Waals surface area contributed by atoms with Gasteiger partial charge in [-0.05, 0) is 12.8 Å². The van der Waals surface area contributed by atoms with E-state index in [0.717, 1.165) is 12.8 Å². The lowest BCUT2D eigenvalue weighted by atomic mass is 9.95. The summed E-state index contributed by atoms with van der Waals surface area (Å²) in [6.45, 7) is -0.370. The van der Waals surface area contributed by atoms with E-state index in [1.54, 1.807) is 4.57 Å². The Kier molecular flexibility index (Phi) is 4.55. The highest BCUT2D eigenvalue weighted by atomic mass is 16.6. The van der Waals surface area contributed by atoms with Crippen molar-refractivity contribution in [2.75, 3.05) is 11.9 Å². The van der Waals surface area contributed by atoms with Crippen LogP contribution in [0.15, 0.2) is 12.7 Å². The largest absolute Gasteiger partial charge is 0.394 e. The summed E-state index contributed by atoms with van der Waals surface area (Å²) in [6.07, 6.45) is 4.88. The van der Waals surface area contributed by atoms with Gasteiger partial charge in [-0.2, -0.15) is 0 Å². The van der Waals surface area contributed by atoms with Crippen LogP contribution in [-0.2, 0) is 4.74 Å². The molecule has 1 aliphatic heterocycles. The molecule has 1 saturated carbocycles. The third-order valence-electron chi connectivity index (χ3n) is 5.10. The maximum absolute atomic E-state index is 10.2. The molecular formula is C16H23N5O4. The van der Waals surface area contributed by atoms with E-state index >= 15 is 0 Å². The van der Waals surface area contributed by atoms with Gasteiger partial charge in [0.2, 0.25) is 0 Å². The molecule has 9 heteroatoms. The highest BCUT2D eigenvalue weighted by Gasteiger charge is 2.44. The van der Waals surface area contributed by atoms with Crippen molar-refractivity contribution < 1.29 is 20.1 Å². The SMILES string of the molecule is OC[C@H]1O[C@@H](n2cnc3c(NC4CCCCC4)ncnc32)[C@@H](O)[C@H]1O. The molecule has 0 bridgehead atoms. The maximum atomic E-state index is 10.2. The minimum Gasteiger partial charge on any atom is -0.394 e. The molecule has 2 aromatic heterocycles. The Labute approximate surface area is 144 Å². The fraction of sp³-hybridized carbons (Fsp3) is 0.688. The van der Waals surface area contributed by atoms with Gasteiger partial charge in [-0.15, -0.1) is 0 Å². The van der Waals surface area contributed by atoms with Gasteiger partial charge in [-0.1, -0.05) is 19.3 Å². The van der Waals surface area contributed by atoms with Crippen molar-refractivity contribution in [3.05, 3.63) is 12.7 Å². The second-order valence-electron chi connectivity index (χ2n) is 6.75. The zero-order chi connectivity index (χ0) is 17.4. The lowest BCUT2D eigenvalue weighted by Crippen LogP contribution is -2.33. The van der Waals surface area contributed by atoms with Gasteiger partial charge in [0.25, 0.3) is 0 Å². The van der Waals surface area contributed by atoms with E-state index in [4.69, 9.17) is 4.74 Å². The van der Waals surface area contributed by atoms with Crippen LogP contribution in [0, 0.1) is 0 Å². The van der Waals surface area contributed by atoms with Crippen molar-refractivity contribution in [3.8, 4) is 0 Å². The Morgan fingerprint density at radius 3 is 2.64 bits per heavy atom. The Balaban J connectivity index is 1.62. The number of aliphatic hydroxyl groups is 3. The van der Waals surface area contributed by atoms with Gasteiger partial charge in [0, 0.05) is 6.04 Å². The first kappa shape index (κ1) is 16.6. The summed E-state index contributed by atoms with van der Waals surface area (Å²) in [5, 5.41) is 32.9. The molecule has 3 heterocycles. The van der Waals surface area contributed by atoms with Crippen LogP contribution < -0.4 is 5.32 Å². The van der Waals surface area contributed by atoms with Crippen molar-refractivity contribution in [2.45, 2.75) is 62.7 Å². The Hall–Kier alpha value is -1.81. The maximum Gasteiger partial charge on any atom is 0.167 e. The van der Waals surface area contributed by atoms with Gasteiger partial charge in [0.15, 0.2) is 23.2 Å². The summed E-state index contributed by atoms with van der Waals surface area (Å²) in [4.78, 5) is 13.0. The Morgan fingerprint density at radius 2 is 1.92 bits per heavy atom. The number of nitrogens with one attached hydrogen (secondary N) is 1. The van der Waals surface area contributed by atoms with Crippen molar-refractivity contribution in [2.24, 2.45) is 0 Å². The number of rotatable bonds is 4. The van der Waals surface area contributed by atoms with Crippen LogP contribution in [0.5, 0.6) is 0 Å². The third-order valence-corrected chi connectivity index (χ3v) is 5.10. The molecule has 4 N–H and O–H groups in total. The molecule has 2 aliphatic rings. The predicted molar refractivity (Wildman–Crippen MR) is 88.8 cm³/mol. The van der Waals surface area contributed by atoms with Crippen molar-refractivity contribution in [1.29, 1.82) is 0 Å². The van der Waals surface area contributed by atoms with E-state index in [2.05, 4.69) is 20.3 Å². The molecule has 0 amide bonds. The lowest BCUT2D eigenvalue weighted by Gasteiger charge is -2.23. The number of hydrogen-bond donors (Lipinski definition) is 4. The van der Waals surface area contributed by atoms with E-state index in [1.165, 1.54) is 31.9 Å². The standard InChI is InChI=1S/C16H23N5O4/c22-6-10-12(23)13(24)16(25-10)21-8-19-11-14(17-7-18-15(11)21)20-9-4-2-1-3-5-9/h7-10,12-13,16,22-24H,1-6H2,(H,17,18,20)/t10-,12+,13+,16-/m1/s1. The number of aliphatic hydroxyl groups excluding tert-OH is 3. The molecule has 1 aliphatic carbocycles. The smallest absolute Gasteiger partial charge is 0.167 e. The van der Waals surface area contributed by atoms with Crippen LogP contribution in [0.2, 0.25) is 0 Å².